The van der Waals surface area contributed by atoms with Crippen molar-refractivity contribution in [1.82, 2.24) is 4.90 Å². The number of rotatable bonds is 3. The number of halogens is 1. The van der Waals surface area contributed by atoms with Crippen molar-refractivity contribution in [3.63, 3.8) is 0 Å². The number of carbonyl (C=O) groups excluding carboxylic acids is 2. The van der Waals surface area contributed by atoms with E-state index in [1.807, 2.05) is 18.2 Å². The highest BCUT2D eigenvalue weighted by Gasteiger charge is 2.27. The summed E-state index contributed by atoms with van der Waals surface area (Å²) in [5.74, 6) is -1.28. The first kappa shape index (κ1) is 17.3. The molecule has 25 heavy (non-hydrogen) atoms. The highest BCUT2D eigenvalue weighted by molar-refractivity contribution is 6.30. The zero-order valence-electron chi connectivity index (χ0n) is 13.7. The largest absolute Gasteiger partial charge is 0.507 e. The summed E-state index contributed by atoms with van der Waals surface area (Å²) in [6.45, 7) is 2.63. The number of nitrogens with zero attached hydrogens (tertiary/aromatic N) is 1. The van der Waals surface area contributed by atoms with Crippen LogP contribution in [0.15, 0.2) is 42.5 Å². The highest BCUT2D eigenvalue weighted by Crippen LogP contribution is 2.24. The van der Waals surface area contributed by atoms with Crippen LogP contribution in [0, 0.1) is 0 Å². The summed E-state index contributed by atoms with van der Waals surface area (Å²) < 4.78 is 5.23. The van der Waals surface area contributed by atoms with Gasteiger partial charge < -0.3 is 14.7 Å². The van der Waals surface area contributed by atoms with E-state index in [1.165, 1.54) is 30.7 Å². The Bertz CT molecular complexity index is 821. The number of hydrogen-bond donors (Lipinski definition) is 1. The molecule has 1 amide bonds. The molecule has 1 atom stereocenters. The van der Waals surface area contributed by atoms with E-state index >= 15 is 0 Å². The van der Waals surface area contributed by atoms with Crippen molar-refractivity contribution in [3.05, 3.63) is 64.2 Å². The monoisotopic (exact) mass is 359 g/mol. The molecule has 1 unspecified atom stereocenters. The molecule has 6 heteroatoms. The second-order valence-corrected chi connectivity index (χ2v) is 6.42. The van der Waals surface area contributed by atoms with Gasteiger partial charge >= 0.3 is 5.97 Å². The van der Waals surface area contributed by atoms with Gasteiger partial charge in [-0.25, -0.2) is 4.79 Å². The summed E-state index contributed by atoms with van der Waals surface area (Å²) in [6.07, 6.45) is -0.159. The molecule has 1 aliphatic heterocycles. The fourth-order valence-corrected chi connectivity index (χ4v) is 3.06. The predicted molar refractivity (Wildman–Crippen MR) is 93.6 cm³/mol. The van der Waals surface area contributed by atoms with Gasteiger partial charge in [0.1, 0.15) is 11.3 Å². The third-order valence-electron chi connectivity index (χ3n) is 4.25. The lowest BCUT2D eigenvalue weighted by Gasteiger charge is -2.30. The predicted octanol–water partition coefficient (Wildman–Crippen LogP) is 3.18. The number of hydrogen-bond acceptors (Lipinski definition) is 4. The van der Waals surface area contributed by atoms with Crippen LogP contribution in [-0.2, 0) is 22.5 Å². The van der Waals surface area contributed by atoms with E-state index < -0.39 is 12.1 Å². The van der Waals surface area contributed by atoms with Gasteiger partial charge in [0.2, 0.25) is 0 Å². The summed E-state index contributed by atoms with van der Waals surface area (Å²) in [5.41, 5.74) is 2.33. The first-order valence-electron chi connectivity index (χ1n) is 8.01. The van der Waals surface area contributed by atoms with Crippen LogP contribution in [0.25, 0.3) is 0 Å². The number of benzene rings is 2. The van der Waals surface area contributed by atoms with Gasteiger partial charge in [0.15, 0.2) is 6.10 Å². The van der Waals surface area contributed by atoms with Crippen molar-refractivity contribution < 1.29 is 19.4 Å². The van der Waals surface area contributed by atoms with E-state index in [0.717, 1.165) is 12.0 Å². The summed E-state index contributed by atoms with van der Waals surface area (Å²) in [4.78, 5) is 26.4. The van der Waals surface area contributed by atoms with Gasteiger partial charge in [-0.3, -0.25) is 4.79 Å². The average molecular weight is 360 g/mol. The van der Waals surface area contributed by atoms with Crippen LogP contribution in [0.1, 0.15) is 28.4 Å². The molecule has 0 bridgehead atoms. The first-order chi connectivity index (χ1) is 12.0. The number of phenolic OH excluding ortho intramolecular Hbond substituents is 1. The fraction of sp³-hybridized carbons (Fsp3) is 0.263. The van der Waals surface area contributed by atoms with Crippen LogP contribution in [0.5, 0.6) is 5.75 Å². The van der Waals surface area contributed by atoms with E-state index in [1.54, 1.807) is 4.90 Å². The third-order valence-corrected chi connectivity index (χ3v) is 4.49. The number of esters is 1. The Hall–Kier alpha value is -2.53. The number of fused-ring (bicyclic) bond motifs is 1. The normalized spacial score (nSPS) is 14.6. The van der Waals surface area contributed by atoms with E-state index in [4.69, 9.17) is 16.3 Å². The Morgan fingerprint density at radius 1 is 1.20 bits per heavy atom. The molecule has 130 valence electrons. The van der Waals surface area contributed by atoms with Gasteiger partial charge in [-0.1, -0.05) is 35.9 Å². The molecule has 0 spiro atoms. The molecule has 0 fully saturated rings. The summed E-state index contributed by atoms with van der Waals surface area (Å²) in [5, 5.41) is 10.1. The molecule has 5 nitrogen and oxygen atoms in total. The Labute approximate surface area is 150 Å². The SMILES string of the molecule is CC(OC(=O)c1ccc(Cl)cc1O)C(=O)N1CCc2ccccc2C1. The van der Waals surface area contributed by atoms with E-state index in [0.29, 0.717) is 18.1 Å². The maximum Gasteiger partial charge on any atom is 0.342 e. The first-order valence-corrected chi connectivity index (χ1v) is 8.38. The van der Waals surface area contributed by atoms with Gasteiger partial charge in [0.05, 0.1) is 0 Å². The molecule has 1 N–H and O–H groups in total. The van der Waals surface area contributed by atoms with Gasteiger partial charge in [-0.2, -0.15) is 0 Å². The van der Waals surface area contributed by atoms with Crippen molar-refractivity contribution in [2.75, 3.05) is 6.54 Å². The van der Waals surface area contributed by atoms with Crippen LogP contribution < -0.4 is 0 Å². The second kappa shape index (κ2) is 7.15. The molecule has 2 aromatic carbocycles. The molecular weight excluding hydrogens is 342 g/mol. The number of phenols is 1. The van der Waals surface area contributed by atoms with Crippen LogP contribution in [0.2, 0.25) is 5.02 Å². The second-order valence-electron chi connectivity index (χ2n) is 5.99. The lowest BCUT2D eigenvalue weighted by Crippen LogP contribution is -2.42. The molecule has 0 saturated carbocycles. The molecule has 3 rings (SSSR count). The minimum absolute atomic E-state index is 0.0203. The summed E-state index contributed by atoms with van der Waals surface area (Å²) >= 11 is 5.75. The van der Waals surface area contributed by atoms with Crippen molar-refractivity contribution >= 4 is 23.5 Å². The Kier molecular flexibility index (Phi) is 4.95. The van der Waals surface area contributed by atoms with Crippen molar-refractivity contribution in [2.45, 2.75) is 26.0 Å². The van der Waals surface area contributed by atoms with E-state index in [-0.39, 0.29) is 17.2 Å². The Morgan fingerprint density at radius 2 is 1.92 bits per heavy atom. The Balaban J connectivity index is 1.66. The van der Waals surface area contributed by atoms with Gasteiger partial charge in [-0.05, 0) is 42.7 Å². The topological polar surface area (TPSA) is 66.8 Å². The molecule has 0 aromatic heterocycles. The van der Waals surface area contributed by atoms with Crippen LogP contribution in [0.4, 0.5) is 0 Å². The third kappa shape index (κ3) is 3.77. The summed E-state index contributed by atoms with van der Waals surface area (Å²) in [7, 11) is 0. The minimum Gasteiger partial charge on any atom is -0.507 e. The van der Waals surface area contributed by atoms with E-state index in [2.05, 4.69) is 6.07 Å². The quantitative estimate of drug-likeness (QED) is 0.855. The standard InChI is InChI=1S/C19H18ClNO4/c1-12(25-19(24)16-7-6-15(20)10-17(16)22)18(23)21-9-8-13-4-2-3-5-14(13)11-21/h2-7,10,12,22H,8-9,11H2,1H3. The minimum atomic E-state index is -0.937. The lowest BCUT2D eigenvalue weighted by atomic mass is 9.99. The molecular formula is C19H18ClNO4. The zero-order chi connectivity index (χ0) is 18.0. The number of amides is 1. The van der Waals surface area contributed by atoms with E-state index in [9.17, 15) is 14.7 Å². The zero-order valence-corrected chi connectivity index (χ0v) is 14.5. The van der Waals surface area contributed by atoms with Crippen LogP contribution in [0.3, 0.4) is 0 Å². The maximum absolute atomic E-state index is 12.6. The number of carbonyl (C=O) groups is 2. The fourth-order valence-electron chi connectivity index (χ4n) is 2.89. The molecule has 0 radical (unpaired) electrons. The van der Waals surface area contributed by atoms with Crippen molar-refractivity contribution in [2.24, 2.45) is 0 Å². The molecule has 0 saturated heterocycles. The number of ether oxygens (including phenoxy) is 1. The Morgan fingerprint density at radius 3 is 2.64 bits per heavy atom. The smallest absolute Gasteiger partial charge is 0.342 e. The van der Waals surface area contributed by atoms with Crippen LogP contribution in [-0.4, -0.2) is 34.5 Å². The maximum atomic E-state index is 12.6. The highest BCUT2D eigenvalue weighted by atomic mass is 35.5. The molecule has 1 aliphatic rings. The van der Waals surface area contributed by atoms with Crippen molar-refractivity contribution in [1.29, 1.82) is 0 Å². The van der Waals surface area contributed by atoms with Gasteiger partial charge in [0, 0.05) is 18.1 Å². The lowest BCUT2D eigenvalue weighted by molar-refractivity contribution is -0.140. The van der Waals surface area contributed by atoms with Crippen molar-refractivity contribution in [3.8, 4) is 5.75 Å². The van der Waals surface area contributed by atoms with Crippen LogP contribution >= 0.6 is 11.6 Å². The molecule has 2 aromatic rings. The van der Waals surface area contributed by atoms with Gasteiger partial charge in [-0.15, -0.1) is 0 Å². The number of aromatic hydroxyl groups is 1. The van der Waals surface area contributed by atoms with Gasteiger partial charge in [0.25, 0.3) is 5.91 Å². The average Bonchev–Trinajstić information content (AvgIpc) is 2.60. The molecule has 0 aliphatic carbocycles. The molecule has 1 heterocycles. The summed E-state index contributed by atoms with van der Waals surface area (Å²) in [6, 6.07) is 12.1.